The first-order valence-corrected chi connectivity index (χ1v) is 17.0. The van der Waals surface area contributed by atoms with Gasteiger partial charge < -0.3 is 4.74 Å². The van der Waals surface area contributed by atoms with Crippen molar-refractivity contribution < 1.29 is 17.4 Å². The molecule has 0 aliphatic rings. The molecule has 0 amide bonds. The van der Waals surface area contributed by atoms with Gasteiger partial charge in [-0.15, -0.1) is 0 Å². The molecule has 0 heterocycles. The molecule has 0 saturated carbocycles. The third-order valence-corrected chi connectivity index (χ3v) is 11.3. The lowest BCUT2D eigenvalue weighted by Gasteiger charge is -2.22. The van der Waals surface area contributed by atoms with Crippen molar-refractivity contribution in [1.29, 1.82) is 0 Å². The Bertz CT molecular complexity index is 1970. The van der Waals surface area contributed by atoms with Crippen LogP contribution in [0.25, 0.3) is 11.1 Å². The summed E-state index contributed by atoms with van der Waals surface area (Å²) in [5, 5.41) is 0. The summed E-state index contributed by atoms with van der Waals surface area (Å²) < 4.78 is 50.1. The van der Waals surface area contributed by atoms with E-state index in [-0.39, 0.29) is 14.7 Å². The summed E-state index contributed by atoms with van der Waals surface area (Å²) in [6.07, 6.45) is 0. The van der Waals surface area contributed by atoms with E-state index in [0.29, 0.717) is 26.9 Å². The predicted octanol–water partition coefficient (Wildman–Crippen LogP) is 9.30. The third kappa shape index (κ3) is 6.20. The van der Waals surface area contributed by atoms with Crippen LogP contribution in [0.15, 0.2) is 187 Å². The SMILES string of the molecule is O=S(c1ccccc1)c1c(S(=O)(=O)c2ccccc2)cc(-c2ccccc2)c(Oc2ccccc2)c1Sc1ccccc1. The van der Waals surface area contributed by atoms with Crippen LogP contribution < -0.4 is 4.74 Å². The molecule has 43 heavy (non-hydrogen) atoms. The Hall–Kier alpha value is -4.43. The second-order valence-corrected chi connectivity index (χ2v) is 13.9. The molecule has 1 unspecified atom stereocenters. The predicted molar refractivity (Wildman–Crippen MR) is 172 cm³/mol. The molecule has 6 aromatic rings. The van der Waals surface area contributed by atoms with Crippen LogP contribution in [0, 0.1) is 0 Å². The van der Waals surface area contributed by atoms with Crippen LogP contribution in [0.2, 0.25) is 0 Å². The molecule has 0 bridgehead atoms. The van der Waals surface area contributed by atoms with Gasteiger partial charge in [0.05, 0.1) is 30.4 Å². The van der Waals surface area contributed by atoms with Crippen molar-refractivity contribution in [1.82, 2.24) is 0 Å². The van der Waals surface area contributed by atoms with Crippen molar-refractivity contribution in [3.05, 3.63) is 158 Å². The van der Waals surface area contributed by atoms with E-state index in [1.807, 2.05) is 97.1 Å². The Morgan fingerprint density at radius 2 is 1.12 bits per heavy atom. The highest BCUT2D eigenvalue weighted by Crippen LogP contribution is 2.50. The van der Waals surface area contributed by atoms with Crippen molar-refractivity contribution in [2.24, 2.45) is 0 Å². The summed E-state index contributed by atoms with van der Waals surface area (Å²) in [5.41, 5.74) is 1.34. The molecule has 0 N–H and O–H groups in total. The number of para-hydroxylation sites is 1. The van der Waals surface area contributed by atoms with E-state index in [1.54, 1.807) is 60.7 Å². The number of sulfone groups is 1. The zero-order valence-corrected chi connectivity index (χ0v) is 25.3. The summed E-state index contributed by atoms with van der Waals surface area (Å²) >= 11 is 1.33. The van der Waals surface area contributed by atoms with Gasteiger partial charge in [-0.1, -0.05) is 115 Å². The van der Waals surface area contributed by atoms with Crippen LogP contribution in [-0.4, -0.2) is 12.6 Å². The highest BCUT2D eigenvalue weighted by molar-refractivity contribution is 8.00. The molecule has 6 aromatic carbocycles. The maximum absolute atomic E-state index is 14.6. The normalized spacial score (nSPS) is 12.0. The monoisotopic (exact) mass is 618 g/mol. The van der Waals surface area contributed by atoms with Gasteiger partial charge in [-0.2, -0.15) is 0 Å². The second-order valence-electron chi connectivity index (χ2n) is 9.50. The number of rotatable bonds is 9. The minimum absolute atomic E-state index is 0.0291. The van der Waals surface area contributed by atoms with E-state index in [9.17, 15) is 12.6 Å². The summed E-state index contributed by atoms with van der Waals surface area (Å²) in [6, 6.07) is 47.3. The quantitative estimate of drug-likeness (QED) is 0.162. The van der Waals surface area contributed by atoms with Gasteiger partial charge in [-0.25, -0.2) is 12.6 Å². The van der Waals surface area contributed by atoms with Crippen LogP contribution in [0.4, 0.5) is 0 Å². The van der Waals surface area contributed by atoms with E-state index in [0.717, 1.165) is 10.5 Å². The number of hydrogen-bond acceptors (Lipinski definition) is 5. The average molecular weight is 619 g/mol. The fourth-order valence-electron chi connectivity index (χ4n) is 4.60. The molecular weight excluding hydrogens is 593 g/mol. The van der Waals surface area contributed by atoms with Gasteiger partial charge >= 0.3 is 0 Å². The molecule has 7 heteroatoms. The van der Waals surface area contributed by atoms with Gasteiger partial charge in [0.15, 0.2) is 0 Å². The first-order valence-electron chi connectivity index (χ1n) is 13.5. The molecule has 0 fully saturated rings. The Morgan fingerprint density at radius 1 is 0.605 bits per heavy atom. The van der Waals surface area contributed by atoms with Crippen molar-refractivity contribution in [3.8, 4) is 22.6 Å². The molecule has 212 valence electrons. The van der Waals surface area contributed by atoms with Crippen LogP contribution in [0.5, 0.6) is 11.5 Å². The molecular formula is C36H26O4S3. The molecule has 0 spiro atoms. The van der Waals surface area contributed by atoms with Gasteiger partial charge in [0.1, 0.15) is 11.5 Å². The topological polar surface area (TPSA) is 60.4 Å². The number of ether oxygens (including phenoxy) is 1. The highest BCUT2D eigenvalue weighted by Gasteiger charge is 2.32. The molecule has 4 nitrogen and oxygen atoms in total. The molecule has 1 atom stereocenters. The van der Waals surface area contributed by atoms with Gasteiger partial charge in [-0.05, 0) is 60.2 Å². The summed E-state index contributed by atoms with van der Waals surface area (Å²) in [5.74, 6) is 1.00. The first-order chi connectivity index (χ1) is 21.0. The van der Waals surface area contributed by atoms with E-state index >= 15 is 0 Å². The molecule has 0 aromatic heterocycles. The van der Waals surface area contributed by atoms with Crippen LogP contribution >= 0.6 is 11.8 Å². The number of benzene rings is 6. The zero-order chi connectivity index (χ0) is 29.6. The van der Waals surface area contributed by atoms with E-state index < -0.39 is 20.6 Å². The maximum Gasteiger partial charge on any atom is 0.207 e. The van der Waals surface area contributed by atoms with Crippen molar-refractivity contribution >= 4 is 32.4 Å². The molecule has 0 aliphatic carbocycles. The Morgan fingerprint density at radius 3 is 1.72 bits per heavy atom. The van der Waals surface area contributed by atoms with Crippen molar-refractivity contribution in [2.45, 2.75) is 29.4 Å². The summed E-state index contributed by atoms with van der Waals surface area (Å²) in [6.45, 7) is 0. The van der Waals surface area contributed by atoms with Crippen LogP contribution in [0.1, 0.15) is 0 Å². The van der Waals surface area contributed by atoms with Gasteiger partial charge in [0, 0.05) is 15.4 Å². The van der Waals surface area contributed by atoms with Crippen molar-refractivity contribution in [2.75, 3.05) is 0 Å². The fraction of sp³-hybridized carbons (Fsp3) is 0. The number of hydrogen-bond donors (Lipinski definition) is 0. The average Bonchev–Trinajstić information content (AvgIpc) is 3.07. The standard InChI is InChI=1S/C36H26O4S3/c37-42(30-22-12-4-13-23-30)36-33(43(38,39)31-24-14-5-15-25-31)26-32(27-16-6-1-7-17-27)34(40-28-18-8-2-9-19-28)35(36)41-29-20-10-3-11-21-29/h1-26H. The van der Waals surface area contributed by atoms with Gasteiger partial charge in [-0.3, -0.25) is 0 Å². The van der Waals surface area contributed by atoms with E-state index in [4.69, 9.17) is 4.74 Å². The second kappa shape index (κ2) is 12.8. The lowest BCUT2D eigenvalue weighted by atomic mass is 10.0. The lowest BCUT2D eigenvalue weighted by molar-refractivity contribution is 0.468. The van der Waals surface area contributed by atoms with E-state index in [1.165, 1.54) is 11.8 Å². The minimum Gasteiger partial charge on any atom is -0.455 e. The third-order valence-electron chi connectivity index (χ3n) is 6.65. The Labute approximate surface area is 258 Å². The smallest absolute Gasteiger partial charge is 0.207 e. The van der Waals surface area contributed by atoms with Crippen LogP contribution in [0.3, 0.4) is 0 Å². The first kappa shape index (κ1) is 28.7. The Balaban J connectivity index is 1.74. The maximum atomic E-state index is 14.6. The molecule has 0 aliphatic heterocycles. The largest absolute Gasteiger partial charge is 0.455 e. The molecule has 0 radical (unpaired) electrons. The fourth-order valence-corrected chi connectivity index (χ4v) is 9.08. The minimum atomic E-state index is -4.12. The zero-order valence-electron chi connectivity index (χ0n) is 22.9. The van der Waals surface area contributed by atoms with Crippen molar-refractivity contribution in [3.63, 3.8) is 0 Å². The van der Waals surface area contributed by atoms with Crippen LogP contribution in [-0.2, 0) is 20.6 Å². The Kier molecular flexibility index (Phi) is 8.56. The lowest BCUT2D eigenvalue weighted by Crippen LogP contribution is -2.10. The van der Waals surface area contributed by atoms with Gasteiger partial charge in [0.2, 0.25) is 9.84 Å². The summed E-state index contributed by atoms with van der Waals surface area (Å²) in [4.78, 5) is 2.06. The molecule has 6 rings (SSSR count). The molecule has 0 saturated heterocycles. The summed E-state index contributed by atoms with van der Waals surface area (Å²) in [7, 11) is -6.00. The van der Waals surface area contributed by atoms with E-state index in [2.05, 4.69) is 0 Å². The van der Waals surface area contributed by atoms with Gasteiger partial charge in [0.25, 0.3) is 0 Å². The highest BCUT2D eigenvalue weighted by atomic mass is 32.2.